The Hall–Kier alpha value is -3.03. The van der Waals surface area contributed by atoms with Crippen molar-refractivity contribution in [2.24, 2.45) is 0 Å². The number of nitrogens with zero attached hydrogens (tertiary/aromatic N) is 1. The van der Waals surface area contributed by atoms with Crippen LogP contribution in [-0.4, -0.2) is 16.9 Å². The van der Waals surface area contributed by atoms with Gasteiger partial charge in [0.05, 0.1) is 11.0 Å². The first-order valence-corrected chi connectivity index (χ1v) is 6.54. The van der Waals surface area contributed by atoms with Crippen molar-refractivity contribution in [3.63, 3.8) is 0 Å². The van der Waals surface area contributed by atoms with Gasteiger partial charge in [0.15, 0.2) is 6.10 Å². The largest absolute Gasteiger partial charge is 0.481 e. The van der Waals surface area contributed by atoms with Crippen LogP contribution in [0.4, 0.5) is 20.2 Å². The summed E-state index contributed by atoms with van der Waals surface area (Å²) in [5, 5.41) is 12.8. The number of anilines is 1. The maximum atomic E-state index is 13.5. The van der Waals surface area contributed by atoms with Crippen molar-refractivity contribution in [2.75, 3.05) is 5.32 Å². The van der Waals surface area contributed by atoms with E-state index in [9.17, 15) is 23.7 Å². The number of halogens is 2. The molecular formula is C15H12F2N2O4. The van der Waals surface area contributed by atoms with Crippen LogP contribution < -0.4 is 10.1 Å². The van der Waals surface area contributed by atoms with Gasteiger partial charge in [0.2, 0.25) is 0 Å². The van der Waals surface area contributed by atoms with Crippen molar-refractivity contribution in [1.82, 2.24) is 0 Å². The Morgan fingerprint density at radius 2 is 1.83 bits per heavy atom. The monoisotopic (exact) mass is 322 g/mol. The second-order valence-electron chi connectivity index (χ2n) is 4.60. The fraction of sp³-hybridized carbons (Fsp3) is 0.133. The van der Waals surface area contributed by atoms with Crippen molar-refractivity contribution in [2.45, 2.75) is 13.0 Å². The third-order valence-electron chi connectivity index (χ3n) is 2.92. The van der Waals surface area contributed by atoms with Crippen LogP contribution in [0, 0.1) is 21.7 Å². The molecule has 0 aliphatic heterocycles. The van der Waals surface area contributed by atoms with E-state index < -0.39 is 34.3 Å². The number of non-ortho nitro benzene ring substituents is 1. The normalized spacial score (nSPS) is 11.6. The number of amides is 1. The van der Waals surface area contributed by atoms with Gasteiger partial charge in [0.1, 0.15) is 23.1 Å². The summed E-state index contributed by atoms with van der Waals surface area (Å²) in [5.74, 6) is -2.53. The quantitative estimate of drug-likeness (QED) is 0.676. The molecule has 0 aliphatic carbocycles. The number of carbonyl (C=O) groups is 1. The fourth-order valence-electron chi connectivity index (χ4n) is 1.77. The first-order chi connectivity index (χ1) is 10.9. The van der Waals surface area contributed by atoms with Crippen LogP contribution in [0.2, 0.25) is 0 Å². The number of benzene rings is 2. The molecular weight excluding hydrogens is 310 g/mol. The third-order valence-corrected chi connectivity index (χ3v) is 2.92. The molecule has 0 aliphatic rings. The highest BCUT2D eigenvalue weighted by atomic mass is 19.1. The molecule has 1 atom stereocenters. The Kier molecular flexibility index (Phi) is 4.85. The minimum atomic E-state index is -1.11. The molecule has 120 valence electrons. The average molecular weight is 322 g/mol. The van der Waals surface area contributed by atoms with Gasteiger partial charge >= 0.3 is 0 Å². The number of nitro groups is 1. The summed E-state index contributed by atoms with van der Waals surface area (Å²) >= 11 is 0. The number of hydrogen-bond acceptors (Lipinski definition) is 4. The zero-order valence-corrected chi connectivity index (χ0v) is 12.0. The molecule has 0 bridgehead atoms. The van der Waals surface area contributed by atoms with Gasteiger partial charge in [-0.25, -0.2) is 8.78 Å². The van der Waals surface area contributed by atoms with E-state index in [4.69, 9.17) is 4.74 Å². The Labute approximate surface area is 129 Å². The molecule has 0 heterocycles. The van der Waals surface area contributed by atoms with Crippen molar-refractivity contribution in [3.8, 4) is 5.75 Å². The minimum absolute atomic E-state index is 0.0934. The number of nitro benzene ring substituents is 1. The van der Waals surface area contributed by atoms with E-state index in [2.05, 4.69) is 5.32 Å². The number of ether oxygens (including phenoxy) is 1. The molecule has 0 fully saturated rings. The topological polar surface area (TPSA) is 81.5 Å². The van der Waals surface area contributed by atoms with Gasteiger partial charge in [0, 0.05) is 6.07 Å². The SMILES string of the molecule is C[C@@H](Oc1cccc([N+](=O)[O-])c1)C(=O)Nc1c(F)cccc1F. The fourth-order valence-corrected chi connectivity index (χ4v) is 1.77. The molecule has 2 rings (SSSR count). The Bertz CT molecular complexity index is 732. The van der Waals surface area contributed by atoms with Crippen LogP contribution in [0.3, 0.4) is 0 Å². The number of hydrogen-bond donors (Lipinski definition) is 1. The number of para-hydroxylation sites is 1. The van der Waals surface area contributed by atoms with Crippen LogP contribution in [0.5, 0.6) is 5.75 Å². The highest BCUT2D eigenvalue weighted by Crippen LogP contribution is 2.21. The van der Waals surface area contributed by atoms with Crippen molar-refractivity contribution < 1.29 is 23.2 Å². The lowest BCUT2D eigenvalue weighted by molar-refractivity contribution is -0.384. The van der Waals surface area contributed by atoms with E-state index in [-0.39, 0.29) is 11.4 Å². The molecule has 23 heavy (non-hydrogen) atoms. The van der Waals surface area contributed by atoms with Crippen LogP contribution in [0.15, 0.2) is 42.5 Å². The van der Waals surface area contributed by atoms with Crippen LogP contribution in [-0.2, 0) is 4.79 Å². The molecule has 2 aromatic carbocycles. The van der Waals surface area contributed by atoms with E-state index in [0.29, 0.717) is 0 Å². The highest BCUT2D eigenvalue weighted by Gasteiger charge is 2.19. The number of carbonyl (C=O) groups excluding carboxylic acids is 1. The van der Waals surface area contributed by atoms with E-state index in [1.807, 2.05) is 0 Å². The second-order valence-corrected chi connectivity index (χ2v) is 4.60. The van der Waals surface area contributed by atoms with E-state index >= 15 is 0 Å². The molecule has 0 saturated heterocycles. The number of nitrogens with one attached hydrogen (secondary N) is 1. The van der Waals surface area contributed by atoms with Crippen molar-refractivity contribution in [1.29, 1.82) is 0 Å². The van der Waals surface area contributed by atoms with E-state index in [1.165, 1.54) is 31.2 Å². The van der Waals surface area contributed by atoms with Crippen LogP contribution in [0.1, 0.15) is 6.92 Å². The minimum Gasteiger partial charge on any atom is -0.481 e. The van der Waals surface area contributed by atoms with Gasteiger partial charge in [0.25, 0.3) is 11.6 Å². The third kappa shape index (κ3) is 4.00. The molecule has 1 amide bonds. The maximum absolute atomic E-state index is 13.5. The van der Waals surface area contributed by atoms with Gasteiger partial charge in [-0.3, -0.25) is 14.9 Å². The van der Waals surface area contributed by atoms with Crippen molar-refractivity contribution in [3.05, 3.63) is 64.2 Å². The van der Waals surface area contributed by atoms with Gasteiger partial charge in [-0.1, -0.05) is 12.1 Å². The maximum Gasteiger partial charge on any atom is 0.273 e. The second kappa shape index (κ2) is 6.82. The predicted octanol–water partition coefficient (Wildman–Crippen LogP) is 3.28. The summed E-state index contributed by atoms with van der Waals surface area (Å²) in [7, 11) is 0. The van der Waals surface area contributed by atoms with Gasteiger partial charge < -0.3 is 10.1 Å². The van der Waals surface area contributed by atoms with Crippen molar-refractivity contribution >= 4 is 17.3 Å². The Morgan fingerprint density at radius 3 is 2.43 bits per heavy atom. The van der Waals surface area contributed by atoms with Crippen LogP contribution in [0.25, 0.3) is 0 Å². The lowest BCUT2D eigenvalue weighted by atomic mass is 10.2. The lowest BCUT2D eigenvalue weighted by Gasteiger charge is -2.15. The summed E-state index contributed by atoms with van der Waals surface area (Å²) in [5.41, 5.74) is -0.776. The zero-order valence-electron chi connectivity index (χ0n) is 12.0. The summed E-state index contributed by atoms with van der Waals surface area (Å²) in [6.45, 7) is 1.35. The molecule has 0 spiro atoms. The molecule has 0 aromatic heterocycles. The summed E-state index contributed by atoms with van der Waals surface area (Å²) in [6.07, 6.45) is -1.11. The molecule has 0 radical (unpaired) electrons. The van der Waals surface area contributed by atoms with Gasteiger partial charge in [-0.2, -0.15) is 0 Å². The Balaban J connectivity index is 2.08. The average Bonchev–Trinajstić information content (AvgIpc) is 2.51. The molecule has 0 saturated carbocycles. The molecule has 2 aromatic rings. The smallest absolute Gasteiger partial charge is 0.273 e. The van der Waals surface area contributed by atoms with Gasteiger partial charge in [-0.05, 0) is 25.1 Å². The lowest BCUT2D eigenvalue weighted by Crippen LogP contribution is -2.30. The summed E-state index contributed by atoms with van der Waals surface area (Å²) in [4.78, 5) is 22.0. The summed E-state index contributed by atoms with van der Waals surface area (Å²) in [6, 6.07) is 8.42. The zero-order chi connectivity index (χ0) is 17.0. The summed E-state index contributed by atoms with van der Waals surface area (Å²) < 4.78 is 32.2. The standard InChI is InChI=1S/C15H12F2N2O4/c1-9(23-11-5-2-4-10(8-11)19(21)22)15(20)18-14-12(16)6-3-7-13(14)17/h2-9H,1H3,(H,18,20)/t9-/m1/s1. The van der Waals surface area contributed by atoms with Gasteiger partial charge in [-0.15, -0.1) is 0 Å². The molecule has 6 nitrogen and oxygen atoms in total. The van der Waals surface area contributed by atoms with E-state index in [1.54, 1.807) is 0 Å². The molecule has 8 heteroatoms. The first-order valence-electron chi connectivity index (χ1n) is 6.54. The number of rotatable bonds is 5. The molecule has 1 N–H and O–H groups in total. The molecule has 0 unspecified atom stereocenters. The highest BCUT2D eigenvalue weighted by molar-refractivity contribution is 5.94. The Morgan fingerprint density at radius 1 is 1.22 bits per heavy atom. The van der Waals surface area contributed by atoms with E-state index in [0.717, 1.165) is 18.2 Å². The van der Waals surface area contributed by atoms with Crippen LogP contribution >= 0.6 is 0 Å². The predicted molar refractivity (Wildman–Crippen MR) is 78.2 cm³/mol. The first kappa shape index (κ1) is 16.3.